The number of esters is 1. The summed E-state index contributed by atoms with van der Waals surface area (Å²) in [5.41, 5.74) is 2.87. The van der Waals surface area contributed by atoms with Crippen molar-refractivity contribution in [1.82, 2.24) is 20.0 Å². The first-order valence-corrected chi connectivity index (χ1v) is 9.51. The first-order valence-electron chi connectivity index (χ1n) is 9.14. The zero-order valence-electron chi connectivity index (χ0n) is 16.5. The van der Waals surface area contributed by atoms with E-state index < -0.39 is 12.0 Å². The summed E-state index contributed by atoms with van der Waals surface area (Å²) in [6.07, 6.45) is 2.14. The Bertz CT molecular complexity index is 882. The van der Waals surface area contributed by atoms with Crippen LogP contribution >= 0.6 is 11.6 Å². The fourth-order valence-corrected chi connectivity index (χ4v) is 4.05. The van der Waals surface area contributed by atoms with Crippen LogP contribution in [0.2, 0.25) is 5.02 Å². The molecular weight excluding hydrogens is 380 g/mol. The number of likely N-dealkylation sites (tertiary alicyclic amines) is 1. The molecule has 2 aromatic rings. The minimum Gasteiger partial charge on any atom is -0.468 e. The number of likely N-dealkylation sites (N-methyl/N-ethyl adjacent to an activating group) is 1. The van der Waals surface area contributed by atoms with Crippen LogP contribution in [0.15, 0.2) is 30.5 Å². The zero-order valence-corrected chi connectivity index (χ0v) is 17.2. The second-order valence-electron chi connectivity index (χ2n) is 7.14. The molecular formula is C20H25ClN4O3. The minimum absolute atomic E-state index is 0.105. The van der Waals surface area contributed by atoms with Crippen LogP contribution in [0.5, 0.6) is 0 Å². The Morgan fingerprint density at radius 3 is 2.71 bits per heavy atom. The predicted octanol–water partition coefficient (Wildman–Crippen LogP) is 2.23. The molecule has 2 heterocycles. The number of methoxy groups -OCH3 is 1. The molecule has 8 heteroatoms. The number of carbonyl (C=O) groups excluding carboxylic acids is 2. The number of hydrogen-bond donors (Lipinski definition) is 1. The molecule has 3 rings (SSSR count). The summed E-state index contributed by atoms with van der Waals surface area (Å²) >= 11 is 6.17. The molecule has 1 aromatic heterocycles. The van der Waals surface area contributed by atoms with Gasteiger partial charge in [0.2, 0.25) is 5.91 Å². The van der Waals surface area contributed by atoms with Gasteiger partial charge in [-0.1, -0.05) is 23.7 Å². The zero-order chi connectivity index (χ0) is 20.4. The number of aryl methyl sites for hydroxylation is 1. The van der Waals surface area contributed by atoms with Crippen molar-refractivity contribution in [2.45, 2.75) is 32.0 Å². The highest BCUT2D eigenvalue weighted by molar-refractivity contribution is 6.30. The summed E-state index contributed by atoms with van der Waals surface area (Å²) in [6.45, 7) is 2.35. The van der Waals surface area contributed by atoms with Gasteiger partial charge in [0, 0.05) is 35.9 Å². The second-order valence-corrected chi connectivity index (χ2v) is 7.58. The van der Waals surface area contributed by atoms with Crippen LogP contribution < -0.4 is 5.32 Å². The van der Waals surface area contributed by atoms with Crippen LogP contribution in [0, 0.1) is 12.8 Å². The Hall–Kier alpha value is -2.38. The highest BCUT2D eigenvalue weighted by Crippen LogP contribution is 2.41. The number of nitrogens with zero attached hydrogens (tertiary/aromatic N) is 3. The molecule has 1 fully saturated rings. The van der Waals surface area contributed by atoms with E-state index in [1.165, 1.54) is 7.11 Å². The maximum Gasteiger partial charge on any atom is 0.323 e. The Labute approximate surface area is 169 Å². The molecule has 0 saturated carbocycles. The van der Waals surface area contributed by atoms with Crippen molar-refractivity contribution in [3.63, 3.8) is 0 Å². The van der Waals surface area contributed by atoms with Gasteiger partial charge in [-0.25, -0.2) is 0 Å². The molecule has 7 nitrogen and oxygen atoms in total. The molecule has 0 bridgehead atoms. The molecule has 0 spiro atoms. The van der Waals surface area contributed by atoms with Crippen molar-refractivity contribution in [3.05, 3.63) is 52.3 Å². The molecule has 28 heavy (non-hydrogen) atoms. The van der Waals surface area contributed by atoms with Gasteiger partial charge in [0.15, 0.2) is 0 Å². The highest BCUT2D eigenvalue weighted by Gasteiger charge is 2.46. The monoisotopic (exact) mass is 404 g/mol. The van der Waals surface area contributed by atoms with E-state index in [0.29, 0.717) is 18.0 Å². The SMILES string of the molecule is COC(=O)[C@@H]1C[C@H](C(=O)NCc2cnn(C)c2C)[C@H](c2cccc(Cl)c2)N1C. The fourth-order valence-electron chi connectivity index (χ4n) is 3.85. The number of nitrogens with one attached hydrogen (secondary N) is 1. The standard InChI is InChI=1S/C20H25ClN4O3/c1-12-14(11-23-25(12)3)10-22-19(26)16-9-17(20(27)28-4)24(2)18(16)13-6-5-7-15(21)8-13/h5-8,11,16-18H,9-10H2,1-4H3,(H,22,26)/t16-,17-,18-/m0/s1. The van der Waals surface area contributed by atoms with Gasteiger partial charge in [-0.3, -0.25) is 19.2 Å². The number of halogens is 1. The Kier molecular flexibility index (Phi) is 6.05. The molecule has 1 aliphatic heterocycles. The van der Waals surface area contributed by atoms with Crippen molar-refractivity contribution in [2.75, 3.05) is 14.2 Å². The first kappa shape index (κ1) is 20.4. The van der Waals surface area contributed by atoms with E-state index in [9.17, 15) is 9.59 Å². The highest BCUT2D eigenvalue weighted by atomic mass is 35.5. The van der Waals surface area contributed by atoms with Gasteiger partial charge in [-0.05, 0) is 38.1 Å². The summed E-state index contributed by atoms with van der Waals surface area (Å²) in [4.78, 5) is 27.2. The third-order valence-corrected chi connectivity index (χ3v) is 5.81. The molecule has 1 aromatic carbocycles. The quantitative estimate of drug-likeness (QED) is 0.773. The normalized spacial score (nSPS) is 22.2. The van der Waals surface area contributed by atoms with Crippen molar-refractivity contribution in [3.8, 4) is 0 Å². The van der Waals surface area contributed by atoms with Crippen LogP contribution in [0.3, 0.4) is 0 Å². The van der Waals surface area contributed by atoms with Gasteiger partial charge in [-0.2, -0.15) is 5.10 Å². The summed E-state index contributed by atoms with van der Waals surface area (Å²) in [5, 5.41) is 7.80. The maximum atomic E-state index is 13.1. The van der Waals surface area contributed by atoms with Gasteiger partial charge in [0.1, 0.15) is 6.04 Å². The van der Waals surface area contributed by atoms with Crippen molar-refractivity contribution in [2.24, 2.45) is 13.0 Å². The van der Waals surface area contributed by atoms with E-state index in [2.05, 4.69) is 10.4 Å². The lowest BCUT2D eigenvalue weighted by molar-refractivity contribution is -0.145. The third kappa shape index (κ3) is 3.91. The van der Waals surface area contributed by atoms with E-state index in [1.54, 1.807) is 16.9 Å². The van der Waals surface area contributed by atoms with Crippen LogP contribution in [0.25, 0.3) is 0 Å². The molecule has 0 unspecified atom stereocenters. The van der Waals surface area contributed by atoms with Crippen LogP contribution in [0.4, 0.5) is 0 Å². The lowest BCUT2D eigenvalue weighted by Crippen LogP contribution is -2.36. The number of ether oxygens (including phenoxy) is 1. The van der Waals surface area contributed by atoms with E-state index in [4.69, 9.17) is 16.3 Å². The molecule has 1 aliphatic rings. The summed E-state index contributed by atoms with van der Waals surface area (Å²) < 4.78 is 6.71. The average Bonchev–Trinajstić information content (AvgIpc) is 3.19. The number of amides is 1. The fraction of sp³-hybridized carbons (Fsp3) is 0.450. The summed E-state index contributed by atoms with van der Waals surface area (Å²) in [6, 6.07) is 6.66. The smallest absolute Gasteiger partial charge is 0.323 e. The van der Waals surface area contributed by atoms with Gasteiger partial charge < -0.3 is 10.1 Å². The van der Waals surface area contributed by atoms with E-state index in [1.807, 2.05) is 44.1 Å². The van der Waals surface area contributed by atoms with Crippen LogP contribution in [-0.4, -0.2) is 46.8 Å². The third-order valence-electron chi connectivity index (χ3n) is 5.58. The minimum atomic E-state index is -0.482. The summed E-state index contributed by atoms with van der Waals surface area (Å²) in [7, 11) is 5.07. The molecule has 1 saturated heterocycles. The lowest BCUT2D eigenvalue weighted by atomic mass is 9.92. The van der Waals surface area contributed by atoms with Gasteiger partial charge >= 0.3 is 5.97 Å². The Morgan fingerprint density at radius 1 is 1.36 bits per heavy atom. The first-order chi connectivity index (χ1) is 13.3. The largest absolute Gasteiger partial charge is 0.468 e. The Morgan fingerprint density at radius 2 is 2.11 bits per heavy atom. The second kappa shape index (κ2) is 8.32. The van der Waals surface area contributed by atoms with E-state index in [0.717, 1.165) is 16.8 Å². The molecule has 3 atom stereocenters. The Balaban J connectivity index is 1.83. The van der Waals surface area contributed by atoms with Crippen molar-refractivity contribution in [1.29, 1.82) is 0 Å². The van der Waals surface area contributed by atoms with E-state index >= 15 is 0 Å². The average molecular weight is 405 g/mol. The number of benzene rings is 1. The van der Waals surface area contributed by atoms with Crippen molar-refractivity contribution < 1.29 is 14.3 Å². The number of hydrogen-bond acceptors (Lipinski definition) is 5. The molecule has 0 radical (unpaired) electrons. The van der Waals surface area contributed by atoms with Gasteiger partial charge in [0.25, 0.3) is 0 Å². The van der Waals surface area contributed by atoms with Gasteiger partial charge in [-0.15, -0.1) is 0 Å². The molecule has 150 valence electrons. The van der Waals surface area contributed by atoms with Crippen molar-refractivity contribution >= 4 is 23.5 Å². The van der Waals surface area contributed by atoms with E-state index in [-0.39, 0.29) is 17.9 Å². The topological polar surface area (TPSA) is 76.5 Å². The molecule has 0 aliphatic carbocycles. The number of rotatable bonds is 5. The molecule has 1 N–H and O–H groups in total. The van der Waals surface area contributed by atoms with Gasteiger partial charge in [0.05, 0.1) is 19.2 Å². The molecule has 1 amide bonds. The summed E-state index contributed by atoms with van der Waals surface area (Å²) in [5.74, 6) is -0.844. The maximum absolute atomic E-state index is 13.1. The number of carbonyl (C=O) groups is 2. The predicted molar refractivity (Wildman–Crippen MR) is 106 cm³/mol. The van der Waals surface area contributed by atoms with Crippen LogP contribution in [-0.2, 0) is 27.9 Å². The van der Waals surface area contributed by atoms with Crippen LogP contribution in [0.1, 0.15) is 29.3 Å². The number of aromatic nitrogens is 2. The lowest BCUT2D eigenvalue weighted by Gasteiger charge is -2.27.